The molecule has 1 rings (SSSR count). The van der Waals surface area contributed by atoms with Crippen molar-refractivity contribution in [2.24, 2.45) is 0 Å². The molecule has 1 aromatic heterocycles. The highest BCUT2D eigenvalue weighted by atomic mass is 35.5. The van der Waals surface area contributed by atoms with E-state index in [0.29, 0.717) is 10.7 Å². The standard InChI is InChI=1S/C7H6ClNO2.ClH/c1-4-2-5(8)3-6(9-4)7(10)11;/h2-3H,1H3,(H,10,11);1H. The molecular weight excluding hydrogens is 201 g/mol. The van der Waals surface area contributed by atoms with Crippen LogP contribution in [0.1, 0.15) is 16.2 Å². The van der Waals surface area contributed by atoms with Gasteiger partial charge in [0.15, 0.2) is 0 Å². The van der Waals surface area contributed by atoms with Gasteiger partial charge in [-0.05, 0) is 19.1 Å². The van der Waals surface area contributed by atoms with Crippen LogP contribution in [-0.4, -0.2) is 16.1 Å². The molecule has 0 radical (unpaired) electrons. The van der Waals surface area contributed by atoms with Crippen LogP contribution >= 0.6 is 24.0 Å². The third kappa shape index (κ3) is 2.68. The SMILES string of the molecule is Cc1cc(Cl)cc(C(=O)O)n1.Cl. The normalized spacial score (nSPS) is 8.83. The molecule has 0 aliphatic carbocycles. The smallest absolute Gasteiger partial charge is 0.354 e. The summed E-state index contributed by atoms with van der Waals surface area (Å²) < 4.78 is 0. The van der Waals surface area contributed by atoms with Crippen LogP contribution in [0.25, 0.3) is 0 Å². The first-order valence-corrected chi connectivity index (χ1v) is 3.35. The van der Waals surface area contributed by atoms with Crippen LogP contribution in [0.2, 0.25) is 5.02 Å². The van der Waals surface area contributed by atoms with E-state index >= 15 is 0 Å². The molecular formula is C7H7Cl2NO2. The van der Waals surface area contributed by atoms with Crippen LogP contribution in [-0.2, 0) is 0 Å². The lowest BCUT2D eigenvalue weighted by Crippen LogP contribution is -2.00. The molecule has 1 heterocycles. The Labute approximate surface area is 80.8 Å². The Kier molecular flexibility index (Phi) is 4.00. The number of halogens is 2. The molecule has 0 bridgehead atoms. The van der Waals surface area contributed by atoms with Crippen LogP contribution in [0.4, 0.5) is 0 Å². The fraction of sp³-hybridized carbons (Fsp3) is 0.143. The van der Waals surface area contributed by atoms with E-state index < -0.39 is 5.97 Å². The molecule has 5 heteroatoms. The molecule has 1 aromatic rings. The van der Waals surface area contributed by atoms with E-state index in [2.05, 4.69) is 4.98 Å². The lowest BCUT2D eigenvalue weighted by molar-refractivity contribution is 0.0690. The van der Waals surface area contributed by atoms with Crippen molar-refractivity contribution in [1.29, 1.82) is 0 Å². The molecule has 1 N–H and O–H groups in total. The van der Waals surface area contributed by atoms with E-state index in [1.165, 1.54) is 6.07 Å². The van der Waals surface area contributed by atoms with Gasteiger partial charge in [-0.1, -0.05) is 11.6 Å². The van der Waals surface area contributed by atoms with Gasteiger partial charge in [-0.15, -0.1) is 12.4 Å². The summed E-state index contributed by atoms with van der Waals surface area (Å²) in [6.07, 6.45) is 0. The summed E-state index contributed by atoms with van der Waals surface area (Å²) in [4.78, 5) is 14.1. The lowest BCUT2D eigenvalue weighted by atomic mass is 10.3. The maximum absolute atomic E-state index is 10.4. The average Bonchev–Trinajstić information content (AvgIpc) is 1.85. The number of hydrogen-bond donors (Lipinski definition) is 1. The number of aromatic carboxylic acids is 1. The summed E-state index contributed by atoms with van der Waals surface area (Å²) in [5.74, 6) is -1.06. The van der Waals surface area contributed by atoms with E-state index in [9.17, 15) is 4.79 Å². The minimum absolute atomic E-state index is 0. The molecule has 0 unspecified atom stereocenters. The van der Waals surface area contributed by atoms with Gasteiger partial charge in [0.05, 0.1) is 0 Å². The topological polar surface area (TPSA) is 50.2 Å². The molecule has 12 heavy (non-hydrogen) atoms. The number of nitrogens with zero attached hydrogens (tertiary/aromatic N) is 1. The Hall–Kier alpha value is -0.800. The Balaban J connectivity index is 0.00000121. The Morgan fingerprint density at radius 2 is 2.17 bits per heavy atom. The van der Waals surface area contributed by atoms with Crippen LogP contribution in [0.15, 0.2) is 12.1 Å². The molecule has 0 aliphatic rings. The van der Waals surface area contributed by atoms with Gasteiger partial charge in [-0.3, -0.25) is 0 Å². The Bertz CT molecular complexity index is 281. The minimum Gasteiger partial charge on any atom is -0.477 e. The summed E-state index contributed by atoms with van der Waals surface area (Å²) in [7, 11) is 0. The van der Waals surface area contributed by atoms with Crippen LogP contribution in [0.5, 0.6) is 0 Å². The van der Waals surface area contributed by atoms with Crippen molar-refractivity contribution in [1.82, 2.24) is 4.98 Å². The first-order valence-electron chi connectivity index (χ1n) is 2.97. The number of carboxylic acids is 1. The number of carbonyl (C=O) groups is 1. The molecule has 0 saturated heterocycles. The largest absolute Gasteiger partial charge is 0.477 e. The van der Waals surface area contributed by atoms with Crippen molar-refractivity contribution in [3.8, 4) is 0 Å². The second-order valence-electron chi connectivity index (χ2n) is 2.12. The predicted octanol–water partition coefficient (Wildman–Crippen LogP) is 2.16. The molecule has 3 nitrogen and oxygen atoms in total. The van der Waals surface area contributed by atoms with E-state index in [4.69, 9.17) is 16.7 Å². The van der Waals surface area contributed by atoms with E-state index in [-0.39, 0.29) is 18.1 Å². The Morgan fingerprint density at radius 3 is 2.58 bits per heavy atom. The zero-order valence-electron chi connectivity index (χ0n) is 6.24. The van der Waals surface area contributed by atoms with Crippen molar-refractivity contribution in [2.45, 2.75) is 6.92 Å². The van der Waals surface area contributed by atoms with Crippen LogP contribution in [0, 0.1) is 6.92 Å². The van der Waals surface area contributed by atoms with Crippen molar-refractivity contribution in [3.05, 3.63) is 28.5 Å². The molecule has 0 aromatic carbocycles. The molecule has 0 aliphatic heterocycles. The number of aromatic nitrogens is 1. The number of carboxylic acid groups (broad SMARTS) is 1. The van der Waals surface area contributed by atoms with E-state index in [1.807, 2.05) is 0 Å². The lowest BCUT2D eigenvalue weighted by Gasteiger charge is -1.96. The average molecular weight is 208 g/mol. The summed E-state index contributed by atoms with van der Waals surface area (Å²) in [6, 6.07) is 2.92. The highest BCUT2D eigenvalue weighted by Crippen LogP contribution is 2.10. The number of rotatable bonds is 1. The van der Waals surface area contributed by atoms with Gasteiger partial charge in [0.2, 0.25) is 0 Å². The predicted molar refractivity (Wildman–Crippen MR) is 48.2 cm³/mol. The van der Waals surface area contributed by atoms with Gasteiger partial charge in [0.25, 0.3) is 0 Å². The molecule has 0 fully saturated rings. The highest BCUT2D eigenvalue weighted by Gasteiger charge is 2.05. The number of pyridine rings is 1. The van der Waals surface area contributed by atoms with Gasteiger partial charge in [-0.2, -0.15) is 0 Å². The van der Waals surface area contributed by atoms with Crippen molar-refractivity contribution < 1.29 is 9.90 Å². The fourth-order valence-electron chi connectivity index (χ4n) is 0.736. The summed E-state index contributed by atoms with van der Waals surface area (Å²) in [5.41, 5.74) is 0.588. The summed E-state index contributed by atoms with van der Waals surface area (Å²) >= 11 is 5.59. The highest BCUT2D eigenvalue weighted by molar-refractivity contribution is 6.30. The van der Waals surface area contributed by atoms with Gasteiger partial charge >= 0.3 is 5.97 Å². The minimum atomic E-state index is -1.06. The first kappa shape index (κ1) is 11.2. The second-order valence-corrected chi connectivity index (χ2v) is 2.55. The maximum atomic E-state index is 10.4. The van der Waals surface area contributed by atoms with E-state index in [1.54, 1.807) is 13.0 Å². The van der Waals surface area contributed by atoms with Gasteiger partial charge in [-0.25, -0.2) is 9.78 Å². The van der Waals surface area contributed by atoms with Gasteiger partial charge in [0, 0.05) is 10.7 Å². The van der Waals surface area contributed by atoms with Crippen molar-refractivity contribution in [2.75, 3.05) is 0 Å². The van der Waals surface area contributed by atoms with Crippen LogP contribution in [0.3, 0.4) is 0 Å². The molecule has 66 valence electrons. The van der Waals surface area contributed by atoms with Crippen molar-refractivity contribution in [3.63, 3.8) is 0 Å². The molecule has 0 saturated carbocycles. The summed E-state index contributed by atoms with van der Waals surface area (Å²) in [5, 5.41) is 8.91. The third-order valence-electron chi connectivity index (χ3n) is 1.14. The summed E-state index contributed by atoms with van der Waals surface area (Å²) in [6.45, 7) is 1.69. The van der Waals surface area contributed by atoms with Crippen LogP contribution < -0.4 is 0 Å². The van der Waals surface area contributed by atoms with Crippen molar-refractivity contribution >= 4 is 30.0 Å². The second kappa shape index (κ2) is 4.28. The molecule has 0 atom stereocenters. The third-order valence-corrected chi connectivity index (χ3v) is 1.36. The Morgan fingerprint density at radius 1 is 1.58 bits per heavy atom. The van der Waals surface area contributed by atoms with E-state index in [0.717, 1.165) is 0 Å². The quantitative estimate of drug-likeness (QED) is 0.769. The molecule has 0 spiro atoms. The monoisotopic (exact) mass is 207 g/mol. The molecule has 0 amide bonds. The number of hydrogen-bond acceptors (Lipinski definition) is 2. The fourth-order valence-corrected chi connectivity index (χ4v) is 0.997. The zero-order chi connectivity index (χ0) is 8.43. The number of aryl methyl sites for hydroxylation is 1. The van der Waals surface area contributed by atoms with Gasteiger partial charge in [0.1, 0.15) is 5.69 Å². The zero-order valence-corrected chi connectivity index (χ0v) is 7.82. The maximum Gasteiger partial charge on any atom is 0.354 e. The first-order chi connectivity index (χ1) is 5.09. The van der Waals surface area contributed by atoms with Gasteiger partial charge < -0.3 is 5.11 Å².